The monoisotopic (exact) mass is 412 g/mol. The second-order valence-corrected chi connectivity index (χ2v) is 7.72. The van der Waals surface area contributed by atoms with Crippen LogP contribution in [-0.2, 0) is 26.6 Å². The molecule has 0 bridgehead atoms. The van der Waals surface area contributed by atoms with Crippen molar-refractivity contribution in [2.45, 2.75) is 26.4 Å². The van der Waals surface area contributed by atoms with Crippen molar-refractivity contribution < 1.29 is 9.47 Å². The van der Waals surface area contributed by atoms with Crippen LogP contribution in [-0.4, -0.2) is 34.1 Å². The number of nitrogens with one attached hydrogen (secondary N) is 2. The molecule has 3 aromatic rings. The Kier molecular flexibility index (Phi) is 5.95. The van der Waals surface area contributed by atoms with E-state index in [0.29, 0.717) is 13.3 Å². The van der Waals surface area contributed by atoms with Crippen molar-refractivity contribution in [1.29, 1.82) is 0 Å². The second kappa shape index (κ2) is 8.95. The van der Waals surface area contributed by atoms with Gasteiger partial charge < -0.3 is 24.7 Å². The number of guanidine groups is 1. The van der Waals surface area contributed by atoms with E-state index in [2.05, 4.69) is 43.3 Å². The molecule has 0 spiro atoms. The minimum absolute atomic E-state index is 0.294. The summed E-state index contributed by atoms with van der Waals surface area (Å²) in [4.78, 5) is 5.94. The van der Waals surface area contributed by atoms with Crippen LogP contribution >= 0.6 is 11.3 Å². The number of benzene rings is 1. The first-order chi connectivity index (χ1) is 14.2. The Balaban J connectivity index is 1.37. The standard InChI is InChI=1S/C20H24N6O2S/c1-14-24-25-19(26(14)2)12-23-20(22-11-16-4-3-9-29-16)21-8-7-15-5-6-17-18(10-15)28-13-27-17/h3-6,9-10H,7-8,11-13H2,1-2H3,(H2,21,22,23). The first kappa shape index (κ1) is 19.3. The number of hydrogen-bond donors (Lipinski definition) is 2. The number of aliphatic imine (C=N–C) groups is 1. The maximum absolute atomic E-state index is 5.45. The highest BCUT2D eigenvalue weighted by Crippen LogP contribution is 2.32. The average molecular weight is 413 g/mol. The highest BCUT2D eigenvalue weighted by Gasteiger charge is 2.13. The van der Waals surface area contributed by atoms with Crippen molar-refractivity contribution in [2.75, 3.05) is 13.3 Å². The minimum Gasteiger partial charge on any atom is -0.454 e. The van der Waals surface area contributed by atoms with E-state index >= 15 is 0 Å². The third kappa shape index (κ3) is 4.86. The van der Waals surface area contributed by atoms with E-state index in [4.69, 9.17) is 9.47 Å². The Labute approximate surface area is 173 Å². The summed E-state index contributed by atoms with van der Waals surface area (Å²) in [6.07, 6.45) is 0.847. The van der Waals surface area contributed by atoms with Gasteiger partial charge in [0, 0.05) is 18.5 Å². The lowest BCUT2D eigenvalue weighted by Crippen LogP contribution is -2.38. The van der Waals surface area contributed by atoms with Crippen LogP contribution in [0.1, 0.15) is 22.1 Å². The number of fused-ring (bicyclic) bond motifs is 1. The minimum atomic E-state index is 0.294. The maximum atomic E-state index is 5.45. The van der Waals surface area contributed by atoms with E-state index < -0.39 is 0 Å². The van der Waals surface area contributed by atoms with Gasteiger partial charge in [0.1, 0.15) is 12.4 Å². The zero-order valence-electron chi connectivity index (χ0n) is 16.5. The summed E-state index contributed by atoms with van der Waals surface area (Å²) < 4.78 is 12.8. The molecule has 0 saturated heterocycles. The highest BCUT2D eigenvalue weighted by atomic mass is 32.1. The van der Waals surface area contributed by atoms with Crippen LogP contribution < -0.4 is 20.1 Å². The predicted octanol–water partition coefficient (Wildman–Crippen LogP) is 2.39. The molecule has 0 saturated carbocycles. The molecule has 1 aliphatic rings. The fraction of sp³-hybridized carbons (Fsp3) is 0.350. The first-order valence-corrected chi connectivity index (χ1v) is 10.3. The number of thiophene rings is 1. The molecule has 152 valence electrons. The van der Waals surface area contributed by atoms with Gasteiger partial charge in [-0.15, -0.1) is 21.5 Å². The van der Waals surface area contributed by atoms with Gasteiger partial charge in [-0.05, 0) is 42.5 Å². The molecule has 0 fully saturated rings. The molecule has 0 aliphatic carbocycles. The molecule has 0 radical (unpaired) electrons. The Hall–Kier alpha value is -3.07. The lowest BCUT2D eigenvalue weighted by Gasteiger charge is -2.12. The highest BCUT2D eigenvalue weighted by molar-refractivity contribution is 7.09. The molecule has 0 amide bonds. The average Bonchev–Trinajstić information content (AvgIpc) is 3.47. The molecule has 4 rings (SSSR count). The third-order valence-electron chi connectivity index (χ3n) is 4.71. The molecular weight excluding hydrogens is 388 g/mol. The van der Waals surface area contributed by atoms with Gasteiger partial charge in [0.2, 0.25) is 6.79 Å². The Morgan fingerprint density at radius 2 is 2.10 bits per heavy atom. The van der Waals surface area contributed by atoms with Gasteiger partial charge in [-0.2, -0.15) is 0 Å². The molecule has 1 aliphatic heterocycles. The van der Waals surface area contributed by atoms with Crippen molar-refractivity contribution in [1.82, 2.24) is 25.4 Å². The summed E-state index contributed by atoms with van der Waals surface area (Å²) in [6, 6.07) is 10.2. The number of nitrogens with zero attached hydrogens (tertiary/aromatic N) is 4. The third-order valence-corrected chi connectivity index (χ3v) is 5.59. The quantitative estimate of drug-likeness (QED) is 0.458. The fourth-order valence-electron chi connectivity index (χ4n) is 2.92. The number of rotatable bonds is 7. The van der Waals surface area contributed by atoms with E-state index in [-0.39, 0.29) is 0 Å². The Morgan fingerprint density at radius 3 is 2.90 bits per heavy atom. The van der Waals surface area contributed by atoms with E-state index in [1.807, 2.05) is 36.7 Å². The first-order valence-electron chi connectivity index (χ1n) is 9.47. The molecule has 3 heterocycles. The Bertz CT molecular complexity index is 983. The van der Waals surface area contributed by atoms with Crippen molar-refractivity contribution in [3.05, 3.63) is 57.8 Å². The predicted molar refractivity (Wildman–Crippen MR) is 112 cm³/mol. The van der Waals surface area contributed by atoms with Gasteiger partial charge in [-0.1, -0.05) is 12.1 Å². The van der Waals surface area contributed by atoms with Gasteiger partial charge in [0.05, 0.1) is 6.54 Å². The molecule has 1 aromatic carbocycles. The molecule has 0 unspecified atom stereocenters. The topological polar surface area (TPSA) is 85.6 Å². The number of aryl methyl sites for hydroxylation is 1. The summed E-state index contributed by atoms with van der Waals surface area (Å²) in [6.45, 7) is 4.15. The maximum Gasteiger partial charge on any atom is 0.231 e. The van der Waals surface area contributed by atoms with Crippen molar-refractivity contribution in [2.24, 2.45) is 12.0 Å². The number of ether oxygens (including phenoxy) is 2. The summed E-state index contributed by atoms with van der Waals surface area (Å²) in [5.74, 6) is 4.07. The van der Waals surface area contributed by atoms with Crippen LogP contribution in [0.4, 0.5) is 0 Å². The van der Waals surface area contributed by atoms with Crippen LogP contribution in [0.2, 0.25) is 0 Å². The van der Waals surface area contributed by atoms with Crippen molar-refractivity contribution in [3.63, 3.8) is 0 Å². The lowest BCUT2D eigenvalue weighted by atomic mass is 10.1. The van der Waals surface area contributed by atoms with Gasteiger partial charge in [-0.25, -0.2) is 4.99 Å². The van der Waals surface area contributed by atoms with Crippen LogP contribution in [0, 0.1) is 6.92 Å². The second-order valence-electron chi connectivity index (χ2n) is 6.68. The van der Waals surface area contributed by atoms with E-state index in [1.54, 1.807) is 11.3 Å². The fourth-order valence-corrected chi connectivity index (χ4v) is 3.56. The van der Waals surface area contributed by atoms with Gasteiger partial charge in [0.15, 0.2) is 23.3 Å². The van der Waals surface area contributed by atoms with E-state index in [1.165, 1.54) is 10.4 Å². The largest absolute Gasteiger partial charge is 0.454 e. The summed E-state index contributed by atoms with van der Waals surface area (Å²) in [5.41, 5.74) is 1.18. The van der Waals surface area contributed by atoms with Crippen LogP contribution in [0.5, 0.6) is 11.5 Å². The zero-order chi connectivity index (χ0) is 20.1. The van der Waals surface area contributed by atoms with Crippen LogP contribution in [0.25, 0.3) is 0 Å². The number of hydrogen-bond acceptors (Lipinski definition) is 6. The number of aromatic nitrogens is 3. The van der Waals surface area contributed by atoms with E-state index in [9.17, 15) is 0 Å². The smallest absolute Gasteiger partial charge is 0.231 e. The zero-order valence-corrected chi connectivity index (χ0v) is 17.3. The molecular formula is C20H24N6O2S. The summed E-state index contributed by atoms with van der Waals surface area (Å²) in [5, 5.41) is 17.2. The SMILES string of the molecule is Cc1nnc(CN=C(NCCc2ccc3c(c2)OCO3)NCc2cccs2)n1C. The lowest BCUT2D eigenvalue weighted by molar-refractivity contribution is 0.174. The van der Waals surface area contributed by atoms with Gasteiger partial charge in [0.25, 0.3) is 0 Å². The molecule has 9 heteroatoms. The molecule has 29 heavy (non-hydrogen) atoms. The normalized spacial score (nSPS) is 13.0. The molecule has 2 N–H and O–H groups in total. The van der Waals surface area contributed by atoms with Gasteiger partial charge >= 0.3 is 0 Å². The Morgan fingerprint density at radius 1 is 1.21 bits per heavy atom. The van der Waals surface area contributed by atoms with Crippen molar-refractivity contribution >= 4 is 17.3 Å². The molecule has 0 atom stereocenters. The van der Waals surface area contributed by atoms with Crippen LogP contribution in [0.3, 0.4) is 0 Å². The van der Waals surface area contributed by atoms with Crippen molar-refractivity contribution in [3.8, 4) is 11.5 Å². The molecule has 2 aromatic heterocycles. The van der Waals surface area contributed by atoms with Crippen LogP contribution in [0.15, 0.2) is 40.7 Å². The summed E-state index contributed by atoms with van der Waals surface area (Å²) in [7, 11) is 1.95. The molecule has 8 nitrogen and oxygen atoms in total. The van der Waals surface area contributed by atoms with E-state index in [0.717, 1.165) is 48.6 Å². The van der Waals surface area contributed by atoms with Gasteiger partial charge in [-0.3, -0.25) is 0 Å². The summed E-state index contributed by atoms with van der Waals surface area (Å²) >= 11 is 1.72.